The van der Waals surface area contributed by atoms with Gasteiger partial charge in [0.1, 0.15) is 31.4 Å². The van der Waals surface area contributed by atoms with Gasteiger partial charge in [0.15, 0.2) is 11.5 Å². The van der Waals surface area contributed by atoms with Crippen molar-refractivity contribution in [2.75, 3.05) is 38.9 Å². The lowest BCUT2D eigenvalue weighted by Gasteiger charge is -2.20. The van der Waals surface area contributed by atoms with Crippen LogP contribution >= 0.6 is 7.60 Å². The molecule has 0 amide bonds. The molecule has 0 aromatic carbocycles. The molecular formula is C19H26N5O10P. The summed E-state index contributed by atoms with van der Waals surface area (Å²) in [6.07, 6.45) is 2.20. The van der Waals surface area contributed by atoms with Gasteiger partial charge in [-0.2, -0.15) is 0 Å². The molecule has 0 aliphatic carbocycles. The van der Waals surface area contributed by atoms with Gasteiger partial charge in [-0.1, -0.05) is 25.3 Å². The number of carbonyl (C=O) groups excluding carboxylic acids is 2. The maximum absolute atomic E-state index is 13.0. The molecule has 0 saturated heterocycles. The van der Waals surface area contributed by atoms with Crippen molar-refractivity contribution in [2.45, 2.75) is 19.6 Å². The Kier molecular flexibility index (Phi) is 11.1. The zero-order chi connectivity index (χ0) is 25.7. The molecule has 2 rings (SSSR count). The van der Waals surface area contributed by atoms with Crippen molar-refractivity contribution >= 4 is 36.9 Å². The Bertz CT molecular complexity index is 1030. The number of carbonyl (C=O) groups is 2. The van der Waals surface area contributed by atoms with Crippen LogP contribution in [0.15, 0.2) is 38.0 Å². The highest BCUT2D eigenvalue weighted by molar-refractivity contribution is 7.53. The molecule has 2 aromatic rings. The van der Waals surface area contributed by atoms with Crippen molar-refractivity contribution in [3.8, 4) is 0 Å². The maximum Gasteiger partial charge on any atom is 0.510 e. The van der Waals surface area contributed by atoms with Gasteiger partial charge < -0.3 is 34.0 Å². The van der Waals surface area contributed by atoms with E-state index in [0.717, 1.165) is 0 Å². The van der Waals surface area contributed by atoms with Gasteiger partial charge in [0.2, 0.25) is 13.6 Å². The number of hydrogen-bond acceptors (Lipinski definition) is 14. The van der Waals surface area contributed by atoms with Crippen molar-refractivity contribution in [3.63, 3.8) is 0 Å². The summed E-state index contributed by atoms with van der Waals surface area (Å²) < 4.78 is 49.0. The van der Waals surface area contributed by atoms with E-state index in [1.165, 1.54) is 24.8 Å². The number of nitrogens with two attached hydrogens (primary N) is 1. The van der Waals surface area contributed by atoms with Crippen LogP contribution in [0, 0.1) is 0 Å². The van der Waals surface area contributed by atoms with Crippen LogP contribution in [0.3, 0.4) is 0 Å². The first-order chi connectivity index (χ1) is 16.8. The second-order valence-corrected chi connectivity index (χ2v) is 8.52. The fourth-order valence-electron chi connectivity index (χ4n) is 2.34. The van der Waals surface area contributed by atoms with Crippen molar-refractivity contribution in [2.24, 2.45) is 0 Å². The molecular weight excluding hydrogens is 489 g/mol. The molecule has 2 heterocycles. The normalized spacial score (nSPS) is 12.0. The second kappa shape index (κ2) is 14.0. The number of anilines is 1. The molecule has 0 radical (unpaired) electrons. The lowest BCUT2D eigenvalue weighted by molar-refractivity contribution is -0.0264. The molecule has 35 heavy (non-hydrogen) atoms. The number of aromatic nitrogens is 4. The molecule has 192 valence electrons. The van der Waals surface area contributed by atoms with Crippen LogP contribution in [0.1, 0.15) is 6.92 Å². The molecule has 0 unspecified atom stereocenters. The van der Waals surface area contributed by atoms with E-state index in [1.54, 1.807) is 11.5 Å². The van der Waals surface area contributed by atoms with Crippen molar-refractivity contribution in [1.29, 1.82) is 0 Å². The van der Waals surface area contributed by atoms with Crippen LogP contribution in [-0.2, 0) is 43.8 Å². The number of nitrogen functional groups attached to an aromatic ring is 1. The van der Waals surface area contributed by atoms with E-state index in [0.29, 0.717) is 11.2 Å². The van der Waals surface area contributed by atoms with Crippen LogP contribution in [0.25, 0.3) is 11.2 Å². The minimum Gasteiger partial charge on any atom is -0.430 e. The number of fused-ring (bicyclic) bond motifs is 1. The zero-order valence-electron chi connectivity index (χ0n) is 18.9. The quantitative estimate of drug-likeness (QED) is 0.158. The first-order valence-electron chi connectivity index (χ1n) is 10.00. The predicted molar refractivity (Wildman–Crippen MR) is 120 cm³/mol. The van der Waals surface area contributed by atoms with Crippen LogP contribution in [-0.4, -0.2) is 71.1 Å². The highest BCUT2D eigenvalue weighted by atomic mass is 31.2. The van der Waals surface area contributed by atoms with E-state index in [-0.39, 0.29) is 25.6 Å². The summed E-state index contributed by atoms with van der Waals surface area (Å²) in [6.45, 7) is 6.97. The van der Waals surface area contributed by atoms with E-state index in [4.69, 9.17) is 19.5 Å². The lowest BCUT2D eigenvalue weighted by Crippen LogP contribution is -2.19. The Hall–Kier alpha value is -3.52. The Morgan fingerprint density at radius 3 is 2.23 bits per heavy atom. The Balaban J connectivity index is 1.94. The van der Waals surface area contributed by atoms with Gasteiger partial charge >= 0.3 is 19.9 Å². The van der Waals surface area contributed by atoms with Gasteiger partial charge in [-0.25, -0.2) is 24.5 Å². The molecule has 2 aromatic heterocycles. The zero-order valence-corrected chi connectivity index (χ0v) is 19.8. The molecule has 0 fully saturated rings. The highest BCUT2D eigenvalue weighted by Crippen LogP contribution is 2.48. The number of imidazole rings is 1. The topological polar surface area (TPSA) is 185 Å². The smallest absolute Gasteiger partial charge is 0.430 e. The number of rotatable bonds is 15. The third-order valence-electron chi connectivity index (χ3n) is 3.89. The SMILES string of the molecule is C=CCOC(=O)OCOP(=O)(CO[C@@H](C)Cn1cnc2c(N)ncnc21)OCOC(=O)OCC=C. The molecule has 0 aliphatic heterocycles. The van der Waals surface area contributed by atoms with E-state index in [2.05, 4.69) is 47.1 Å². The fraction of sp³-hybridized carbons (Fsp3) is 0.421. The fourth-order valence-corrected chi connectivity index (χ4v) is 3.43. The Labute approximate surface area is 200 Å². The summed E-state index contributed by atoms with van der Waals surface area (Å²) >= 11 is 0. The Morgan fingerprint density at radius 2 is 1.66 bits per heavy atom. The second-order valence-electron chi connectivity index (χ2n) is 6.53. The predicted octanol–water partition coefficient (Wildman–Crippen LogP) is 2.59. The monoisotopic (exact) mass is 515 g/mol. The van der Waals surface area contributed by atoms with E-state index < -0.39 is 45.9 Å². The molecule has 2 N–H and O–H groups in total. The molecule has 0 spiro atoms. The van der Waals surface area contributed by atoms with Crippen molar-refractivity contribution in [3.05, 3.63) is 38.0 Å². The van der Waals surface area contributed by atoms with E-state index in [9.17, 15) is 14.2 Å². The number of ether oxygens (including phenoxy) is 5. The summed E-state index contributed by atoms with van der Waals surface area (Å²) in [6, 6.07) is 0. The summed E-state index contributed by atoms with van der Waals surface area (Å²) in [5.74, 6) is 0.229. The standard InChI is InChI=1S/C19H26N5O10P/c1-4-6-28-18(25)30-11-33-35(27,34-12-31-19(26)29-7-5-2)13-32-14(3)8-24-10-23-15-16(20)21-9-22-17(15)24/h4-5,9-10,14H,1-2,6-8,11-13H2,3H3,(H2,20,21,22)/t14-/m0/s1. The molecule has 16 heteroatoms. The van der Waals surface area contributed by atoms with Gasteiger partial charge in [0, 0.05) is 0 Å². The van der Waals surface area contributed by atoms with Crippen LogP contribution in [0.5, 0.6) is 0 Å². The third kappa shape index (κ3) is 9.33. The lowest BCUT2D eigenvalue weighted by atomic mass is 10.4. The van der Waals surface area contributed by atoms with Gasteiger partial charge in [-0.15, -0.1) is 0 Å². The van der Waals surface area contributed by atoms with Crippen LogP contribution < -0.4 is 5.73 Å². The minimum absolute atomic E-state index is 0.0895. The summed E-state index contributed by atoms with van der Waals surface area (Å²) in [5.41, 5.74) is 6.69. The number of hydrogen-bond donors (Lipinski definition) is 1. The van der Waals surface area contributed by atoms with Gasteiger partial charge in [-0.05, 0) is 6.92 Å². The highest BCUT2D eigenvalue weighted by Gasteiger charge is 2.28. The van der Waals surface area contributed by atoms with Crippen LogP contribution in [0.2, 0.25) is 0 Å². The minimum atomic E-state index is -4.08. The molecule has 0 saturated carbocycles. The summed E-state index contributed by atoms with van der Waals surface area (Å²) in [5, 5.41) is 0. The number of nitrogens with zero attached hydrogens (tertiary/aromatic N) is 4. The van der Waals surface area contributed by atoms with Crippen molar-refractivity contribution < 1.29 is 46.9 Å². The summed E-state index contributed by atoms with van der Waals surface area (Å²) in [4.78, 5) is 35.0. The van der Waals surface area contributed by atoms with E-state index in [1.807, 2.05) is 0 Å². The molecule has 0 bridgehead atoms. The third-order valence-corrected chi connectivity index (χ3v) is 5.35. The molecule has 0 aliphatic rings. The van der Waals surface area contributed by atoms with Crippen molar-refractivity contribution in [1.82, 2.24) is 19.5 Å². The van der Waals surface area contributed by atoms with Crippen LogP contribution in [0.4, 0.5) is 15.4 Å². The average Bonchev–Trinajstić information content (AvgIpc) is 3.24. The average molecular weight is 515 g/mol. The largest absolute Gasteiger partial charge is 0.510 e. The van der Waals surface area contributed by atoms with Gasteiger partial charge in [0.25, 0.3) is 0 Å². The Morgan fingerprint density at radius 1 is 1.06 bits per heavy atom. The van der Waals surface area contributed by atoms with Gasteiger partial charge in [-0.3, -0.25) is 13.6 Å². The summed E-state index contributed by atoms with van der Waals surface area (Å²) in [7, 11) is -4.08. The van der Waals surface area contributed by atoms with Gasteiger partial charge in [0.05, 0.1) is 19.0 Å². The maximum atomic E-state index is 13.0. The van der Waals surface area contributed by atoms with E-state index >= 15 is 0 Å². The first kappa shape index (κ1) is 27.7. The molecule has 15 nitrogen and oxygen atoms in total. The first-order valence-corrected chi connectivity index (χ1v) is 11.7. The molecule has 1 atom stereocenters.